The molecule has 3 amide bonds. The molecule has 0 spiro atoms. The molecule has 1 aromatic heterocycles. The molecule has 43 heavy (non-hydrogen) atoms. The third-order valence-electron chi connectivity index (χ3n) is 8.02. The summed E-state index contributed by atoms with van der Waals surface area (Å²) in [5.74, 6) is -1.04. The highest BCUT2D eigenvalue weighted by Crippen LogP contribution is 2.33. The minimum atomic E-state index is -4.64. The van der Waals surface area contributed by atoms with Crippen LogP contribution in [0.2, 0.25) is 0 Å². The lowest BCUT2D eigenvalue weighted by molar-refractivity contribution is -0.141. The van der Waals surface area contributed by atoms with Crippen LogP contribution >= 0.6 is 0 Å². The normalized spacial score (nSPS) is 22.1. The maximum Gasteiger partial charge on any atom is 0.436 e. The first kappa shape index (κ1) is 30.0. The summed E-state index contributed by atoms with van der Waals surface area (Å²) < 4.78 is 40.6. The van der Waals surface area contributed by atoms with E-state index in [1.54, 1.807) is 29.2 Å². The molecule has 226 valence electrons. The summed E-state index contributed by atoms with van der Waals surface area (Å²) >= 11 is 0. The minimum Gasteiger partial charge on any atom is -0.348 e. The summed E-state index contributed by atoms with van der Waals surface area (Å²) in [5.41, 5.74) is 2.70. The molecule has 0 saturated heterocycles. The van der Waals surface area contributed by atoms with Crippen LogP contribution in [0, 0.1) is 12.8 Å². The van der Waals surface area contributed by atoms with Gasteiger partial charge in [-0.2, -0.15) is 13.2 Å². The van der Waals surface area contributed by atoms with Gasteiger partial charge in [-0.25, -0.2) is 4.68 Å². The number of benzene rings is 2. The number of halogens is 3. The Morgan fingerprint density at radius 1 is 1.00 bits per heavy atom. The van der Waals surface area contributed by atoms with Crippen molar-refractivity contribution < 1.29 is 27.6 Å². The van der Waals surface area contributed by atoms with Crippen molar-refractivity contribution in [3.05, 3.63) is 77.1 Å². The summed E-state index contributed by atoms with van der Waals surface area (Å²) in [5, 5.41) is 13.0. The van der Waals surface area contributed by atoms with Gasteiger partial charge in [-0.05, 0) is 62.4 Å². The number of amides is 3. The summed E-state index contributed by atoms with van der Waals surface area (Å²) in [7, 11) is 0. The van der Waals surface area contributed by atoms with Crippen LogP contribution in [0.4, 0.5) is 18.9 Å². The molecule has 5 rings (SSSR count). The predicted octanol–water partition coefficient (Wildman–Crippen LogP) is 5.21. The largest absolute Gasteiger partial charge is 0.436 e. The molecule has 2 aliphatic heterocycles. The molecular formula is C31H33F3N6O3. The van der Waals surface area contributed by atoms with E-state index in [1.165, 1.54) is 6.08 Å². The van der Waals surface area contributed by atoms with E-state index in [4.69, 9.17) is 0 Å². The van der Waals surface area contributed by atoms with Crippen molar-refractivity contribution >= 4 is 29.0 Å². The smallest absolute Gasteiger partial charge is 0.348 e. The molecule has 2 N–H and O–H groups in total. The Morgan fingerprint density at radius 3 is 2.49 bits per heavy atom. The van der Waals surface area contributed by atoms with Gasteiger partial charge in [-0.1, -0.05) is 48.4 Å². The van der Waals surface area contributed by atoms with Gasteiger partial charge in [0.2, 0.25) is 17.7 Å². The maximum atomic E-state index is 13.6. The van der Waals surface area contributed by atoms with Crippen molar-refractivity contribution in [3.8, 4) is 5.69 Å². The third kappa shape index (κ3) is 6.47. The lowest BCUT2D eigenvalue weighted by Crippen LogP contribution is -2.51. The van der Waals surface area contributed by atoms with Crippen LogP contribution in [0.15, 0.2) is 54.7 Å². The quantitative estimate of drug-likeness (QED) is 0.433. The van der Waals surface area contributed by atoms with Gasteiger partial charge in [-0.15, -0.1) is 5.10 Å². The number of aromatic nitrogens is 3. The van der Waals surface area contributed by atoms with Crippen molar-refractivity contribution in [2.24, 2.45) is 5.92 Å². The maximum absolute atomic E-state index is 13.6. The van der Waals surface area contributed by atoms with Gasteiger partial charge in [0.25, 0.3) is 0 Å². The Hall–Kier alpha value is -4.48. The molecule has 3 atom stereocenters. The van der Waals surface area contributed by atoms with Crippen LogP contribution in [-0.2, 0) is 20.6 Å². The highest BCUT2D eigenvalue weighted by molar-refractivity contribution is 6.00. The number of carbonyl (C=O) groups excluding carboxylic acids is 3. The molecule has 0 bridgehead atoms. The number of carbonyl (C=O) groups is 3. The Labute approximate surface area is 247 Å². The van der Waals surface area contributed by atoms with E-state index in [0.29, 0.717) is 48.2 Å². The first-order chi connectivity index (χ1) is 20.4. The summed E-state index contributed by atoms with van der Waals surface area (Å²) in [6, 6.07) is 11.3. The van der Waals surface area contributed by atoms with Crippen LogP contribution in [0.1, 0.15) is 68.0 Å². The Balaban J connectivity index is 1.43. The van der Waals surface area contributed by atoms with E-state index in [1.807, 2.05) is 39.0 Å². The first-order valence-electron chi connectivity index (χ1n) is 14.2. The van der Waals surface area contributed by atoms with Crippen molar-refractivity contribution in [1.29, 1.82) is 0 Å². The molecule has 2 aliphatic rings. The number of fused-ring (bicyclic) bond motifs is 1. The zero-order valence-corrected chi connectivity index (χ0v) is 24.1. The molecule has 0 fully saturated rings. The molecule has 0 saturated carbocycles. The zero-order valence-electron chi connectivity index (χ0n) is 24.1. The highest BCUT2D eigenvalue weighted by Gasteiger charge is 2.36. The monoisotopic (exact) mass is 594 g/mol. The average Bonchev–Trinajstić information content (AvgIpc) is 3.46. The Morgan fingerprint density at radius 2 is 1.77 bits per heavy atom. The van der Waals surface area contributed by atoms with E-state index in [-0.39, 0.29) is 30.2 Å². The fourth-order valence-electron chi connectivity index (χ4n) is 5.60. The van der Waals surface area contributed by atoms with E-state index >= 15 is 0 Å². The fourth-order valence-corrected chi connectivity index (χ4v) is 5.60. The Bertz CT molecular complexity index is 1580. The van der Waals surface area contributed by atoms with Crippen LogP contribution in [0.25, 0.3) is 11.3 Å². The van der Waals surface area contributed by atoms with E-state index in [0.717, 1.165) is 22.0 Å². The lowest BCUT2D eigenvalue weighted by Gasteiger charge is -2.35. The van der Waals surface area contributed by atoms with Gasteiger partial charge in [0.05, 0.1) is 17.9 Å². The van der Waals surface area contributed by atoms with Gasteiger partial charge in [0.1, 0.15) is 6.04 Å². The first-order valence-corrected chi connectivity index (χ1v) is 14.2. The standard InChI is InChI=1S/C31H33F3N6O3/c1-18-11-12-25(40-17-27(37-38-40)31(32,33)34)23(15-18)21-13-14-39(28(41)16-21)26-10-6-7-19(2)29(42)36-24-9-5-4-8-22(24)20(3)35-30(26)43/h4-5,8-9,11-12,15-17,19-20,26H,6-7,10,13-14H2,1-3H3,(H,35,43)(H,36,42)/t19-,20?,26+/m1/s1. The van der Waals surface area contributed by atoms with Gasteiger partial charge in [0.15, 0.2) is 5.69 Å². The van der Waals surface area contributed by atoms with Crippen LogP contribution in [-0.4, -0.2) is 50.2 Å². The molecule has 12 heteroatoms. The summed E-state index contributed by atoms with van der Waals surface area (Å²) in [6.07, 6.45) is -0.520. The number of rotatable bonds is 3. The third-order valence-corrected chi connectivity index (χ3v) is 8.02. The summed E-state index contributed by atoms with van der Waals surface area (Å²) in [6.45, 7) is 5.76. The van der Waals surface area contributed by atoms with Gasteiger partial charge < -0.3 is 15.5 Å². The zero-order chi connectivity index (χ0) is 30.9. The average molecular weight is 595 g/mol. The van der Waals surface area contributed by atoms with Gasteiger partial charge in [0, 0.05) is 29.8 Å². The van der Waals surface area contributed by atoms with E-state index < -0.39 is 24.0 Å². The topological polar surface area (TPSA) is 109 Å². The summed E-state index contributed by atoms with van der Waals surface area (Å²) in [4.78, 5) is 41.6. The number of hydrogen-bond donors (Lipinski definition) is 2. The van der Waals surface area contributed by atoms with Crippen LogP contribution in [0.3, 0.4) is 0 Å². The van der Waals surface area contributed by atoms with Crippen molar-refractivity contribution in [1.82, 2.24) is 25.2 Å². The van der Waals surface area contributed by atoms with Gasteiger partial charge >= 0.3 is 6.18 Å². The molecule has 2 aromatic carbocycles. The Kier molecular flexibility index (Phi) is 8.38. The second kappa shape index (κ2) is 12.0. The van der Waals surface area contributed by atoms with Crippen molar-refractivity contribution in [2.45, 2.75) is 64.7 Å². The molecule has 3 aromatic rings. The van der Waals surface area contributed by atoms with Crippen LogP contribution in [0.5, 0.6) is 0 Å². The molecule has 3 heterocycles. The van der Waals surface area contributed by atoms with Crippen molar-refractivity contribution in [2.75, 3.05) is 11.9 Å². The highest BCUT2D eigenvalue weighted by atomic mass is 19.4. The molecular weight excluding hydrogens is 561 g/mol. The second-order valence-corrected chi connectivity index (χ2v) is 11.2. The molecule has 9 nitrogen and oxygen atoms in total. The number of aryl methyl sites for hydroxylation is 1. The molecule has 0 radical (unpaired) electrons. The van der Waals surface area contributed by atoms with Crippen molar-refractivity contribution in [3.63, 3.8) is 0 Å². The molecule has 0 aliphatic carbocycles. The van der Waals surface area contributed by atoms with Gasteiger partial charge in [-0.3, -0.25) is 14.4 Å². The number of alkyl halides is 3. The van der Waals surface area contributed by atoms with Crippen LogP contribution < -0.4 is 10.6 Å². The number of nitrogens with one attached hydrogen (secondary N) is 2. The number of hydrogen-bond acceptors (Lipinski definition) is 5. The van der Waals surface area contributed by atoms with E-state index in [9.17, 15) is 27.6 Å². The number of para-hydroxylation sites is 1. The number of anilines is 1. The predicted molar refractivity (Wildman–Crippen MR) is 154 cm³/mol. The lowest BCUT2D eigenvalue weighted by atomic mass is 9.93. The minimum absolute atomic E-state index is 0.103. The SMILES string of the molecule is Cc1ccc(-n2cc(C(F)(F)F)nn2)c(C2=CC(=O)N([C@H]3CCC[C@@H](C)C(=O)Nc4ccccc4C(C)NC3=O)CC2)c1. The van der Waals surface area contributed by atoms with E-state index in [2.05, 4.69) is 20.9 Å². The fraction of sp³-hybridized carbons (Fsp3) is 0.387. The number of nitrogens with zero attached hydrogens (tertiary/aromatic N) is 4. The molecule has 1 unspecified atom stereocenters. The second-order valence-electron chi connectivity index (χ2n) is 11.2.